The van der Waals surface area contributed by atoms with Crippen molar-refractivity contribution >= 4 is 22.3 Å². The minimum Gasteiger partial charge on any atom is -0.476 e. The molecular formula is C10H14N2O4S. The Kier molecular flexibility index (Phi) is 3.60. The average molecular weight is 258 g/mol. The van der Waals surface area contributed by atoms with Crippen molar-refractivity contribution in [1.82, 2.24) is 4.98 Å². The van der Waals surface area contributed by atoms with Crippen molar-refractivity contribution in [2.75, 3.05) is 32.2 Å². The fourth-order valence-electron chi connectivity index (χ4n) is 1.73. The molecule has 1 fully saturated rings. The summed E-state index contributed by atoms with van der Waals surface area (Å²) in [5, 5.41) is 12.6. The van der Waals surface area contributed by atoms with E-state index in [-0.39, 0.29) is 11.3 Å². The van der Waals surface area contributed by atoms with Gasteiger partial charge in [-0.25, -0.2) is 9.78 Å². The van der Waals surface area contributed by atoms with Crippen LogP contribution in [0, 0.1) is 0 Å². The molecule has 2 N–H and O–H groups in total. The summed E-state index contributed by atoms with van der Waals surface area (Å²) in [6.07, 6.45) is 0.803. The third-order valence-electron chi connectivity index (χ3n) is 2.84. The lowest BCUT2D eigenvalue weighted by atomic mass is 10.0. The van der Waals surface area contributed by atoms with Crippen LogP contribution in [0.4, 0.5) is 5.00 Å². The minimum absolute atomic E-state index is 0.0557. The van der Waals surface area contributed by atoms with Crippen LogP contribution in [0.15, 0.2) is 5.51 Å². The summed E-state index contributed by atoms with van der Waals surface area (Å²) in [7, 11) is 1.64. The third kappa shape index (κ3) is 2.56. The number of aromatic nitrogens is 1. The average Bonchev–Trinajstić information content (AvgIpc) is 2.96. The topological polar surface area (TPSA) is 80.7 Å². The number of methoxy groups -OCH3 is 1. The van der Waals surface area contributed by atoms with Crippen LogP contribution in [0.2, 0.25) is 0 Å². The molecule has 17 heavy (non-hydrogen) atoms. The molecule has 1 aliphatic heterocycles. The second kappa shape index (κ2) is 4.99. The number of anilines is 1. The van der Waals surface area contributed by atoms with Crippen molar-refractivity contribution in [2.24, 2.45) is 0 Å². The predicted molar refractivity (Wildman–Crippen MR) is 62.7 cm³/mol. The summed E-state index contributed by atoms with van der Waals surface area (Å²) >= 11 is 1.27. The van der Waals surface area contributed by atoms with Gasteiger partial charge in [0.1, 0.15) is 10.6 Å². The SMILES string of the molecule is COC1(CNc2scnc2C(=O)O)CCOC1. The van der Waals surface area contributed by atoms with Crippen molar-refractivity contribution in [3.05, 3.63) is 11.2 Å². The van der Waals surface area contributed by atoms with E-state index in [0.29, 0.717) is 24.8 Å². The lowest BCUT2D eigenvalue weighted by molar-refractivity contribution is -0.00617. The zero-order chi connectivity index (χ0) is 12.3. The number of nitrogens with zero attached hydrogens (tertiary/aromatic N) is 1. The highest BCUT2D eigenvalue weighted by molar-refractivity contribution is 7.14. The van der Waals surface area contributed by atoms with E-state index >= 15 is 0 Å². The first kappa shape index (κ1) is 12.3. The fraction of sp³-hybridized carbons (Fsp3) is 0.600. The molecule has 2 rings (SSSR count). The maximum absolute atomic E-state index is 10.9. The lowest BCUT2D eigenvalue weighted by Crippen LogP contribution is -2.39. The molecule has 1 saturated heterocycles. The van der Waals surface area contributed by atoms with Crippen molar-refractivity contribution in [3.63, 3.8) is 0 Å². The van der Waals surface area contributed by atoms with E-state index in [1.54, 1.807) is 7.11 Å². The fourth-order valence-corrected chi connectivity index (χ4v) is 2.40. The smallest absolute Gasteiger partial charge is 0.357 e. The summed E-state index contributed by atoms with van der Waals surface area (Å²) in [4.78, 5) is 14.7. The number of carboxylic acids is 1. The number of ether oxygens (including phenoxy) is 2. The number of carboxylic acid groups (broad SMARTS) is 1. The first-order valence-electron chi connectivity index (χ1n) is 5.20. The molecular weight excluding hydrogens is 244 g/mol. The molecule has 0 saturated carbocycles. The Morgan fingerprint density at radius 2 is 2.65 bits per heavy atom. The summed E-state index contributed by atoms with van der Waals surface area (Å²) in [6.45, 7) is 1.72. The summed E-state index contributed by atoms with van der Waals surface area (Å²) in [5.74, 6) is -1.03. The molecule has 7 heteroatoms. The van der Waals surface area contributed by atoms with Gasteiger partial charge in [0.25, 0.3) is 0 Å². The first-order chi connectivity index (χ1) is 8.17. The van der Waals surface area contributed by atoms with Crippen LogP contribution in [-0.4, -0.2) is 48.5 Å². The number of rotatable bonds is 5. The maximum Gasteiger partial charge on any atom is 0.357 e. The summed E-state index contributed by atoms with van der Waals surface area (Å²) in [6, 6.07) is 0. The van der Waals surface area contributed by atoms with E-state index in [4.69, 9.17) is 14.6 Å². The van der Waals surface area contributed by atoms with Gasteiger partial charge in [0.15, 0.2) is 5.69 Å². The van der Waals surface area contributed by atoms with Crippen LogP contribution in [0.5, 0.6) is 0 Å². The van der Waals surface area contributed by atoms with Crippen LogP contribution < -0.4 is 5.32 Å². The molecule has 6 nitrogen and oxygen atoms in total. The zero-order valence-corrected chi connectivity index (χ0v) is 10.2. The van der Waals surface area contributed by atoms with Gasteiger partial charge in [-0.3, -0.25) is 0 Å². The number of hydrogen-bond acceptors (Lipinski definition) is 6. The Hall–Kier alpha value is -1.18. The molecule has 0 aromatic carbocycles. The highest BCUT2D eigenvalue weighted by Gasteiger charge is 2.35. The largest absolute Gasteiger partial charge is 0.476 e. The number of hydrogen-bond donors (Lipinski definition) is 2. The molecule has 0 spiro atoms. The molecule has 0 radical (unpaired) electrons. The van der Waals surface area contributed by atoms with Gasteiger partial charge in [0.05, 0.1) is 12.1 Å². The van der Waals surface area contributed by atoms with E-state index in [9.17, 15) is 4.79 Å². The van der Waals surface area contributed by atoms with E-state index in [0.717, 1.165) is 6.42 Å². The van der Waals surface area contributed by atoms with Gasteiger partial charge in [-0.1, -0.05) is 0 Å². The van der Waals surface area contributed by atoms with Crippen LogP contribution in [0.3, 0.4) is 0 Å². The van der Waals surface area contributed by atoms with Crippen LogP contribution >= 0.6 is 11.3 Å². The number of aromatic carboxylic acids is 1. The molecule has 0 bridgehead atoms. The van der Waals surface area contributed by atoms with Crippen molar-refractivity contribution < 1.29 is 19.4 Å². The summed E-state index contributed by atoms with van der Waals surface area (Å²) < 4.78 is 10.8. The van der Waals surface area contributed by atoms with Gasteiger partial charge < -0.3 is 19.9 Å². The Labute approximate surface area is 103 Å². The minimum atomic E-state index is -1.03. The zero-order valence-electron chi connectivity index (χ0n) is 9.43. The van der Waals surface area contributed by atoms with Crippen molar-refractivity contribution in [2.45, 2.75) is 12.0 Å². The van der Waals surface area contributed by atoms with Gasteiger partial charge in [0.2, 0.25) is 0 Å². The van der Waals surface area contributed by atoms with Crippen molar-refractivity contribution in [1.29, 1.82) is 0 Å². The van der Waals surface area contributed by atoms with Crippen LogP contribution in [0.25, 0.3) is 0 Å². The highest BCUT2D eigenvalue weighted by Crippen LogP contribution is 2.26. The summed E-state index contributed by atoms with van der Waals surface area (Å²) in [5.41, 5.74) is 1.20. The number of carbonyl (C=O) groups is 1. The lowest BCUT2D eigenvalue weighted by Gasteiger charge is -2.26. The van der Waals surface area contributed by atoms with Crippen LogP contribution in [0.1, 0.15) is 16.9 Å². The Morgan fingerprint density at radius 3 is 3.24 bits per heavy atom. The molecule has 1 atom stereocenters. The van der Waals surface area contributed by atoms with Crippen molar-refractivity contribution in [3.8, 4) is 0 Å². The highest BCUT2D eigenvalue weighted by atomic mass is 32.1. The van der Waals surface area contributed by atoms with E-state index in [1.807, 2.05) is 0 Å². The molecule has 94 valence electrons. The van der Waals surface area contributed by atoms with E-state index < -0.39 is 5.97 Å². The van der Waals surface area contributed by atoms with E-state index in [1.165, 1.54) is 16.8 Å². The molecule has 0 aliphatic carbocycles. The molecule has 2 heterocycles. The Balaban J connectivity index is 2.01. The van der Waals surface area contributed by atoms with Gasteiger partial charge >= 0.3 is 5.97 Å². The number of nitrogens with one attached hydrogen (secondary N) is 1. The third-order valence-corrected chi connectivity index (χ3v) is 3.63. The Bertz CT molecular complexity index is 401. The maximum atomic E-state index is 10.9. The second-order valence-corrected chi connectivity index (χ2v) is 4.73. The van der Waals surface area contributed by atoms with Gasteiger partial charge in [0, 0.05) is 26.7 Å². The normalized spacial score (nSPS) is 23.8. The molecule has 1 aromatic rings. The predicted octanol–water partition coefficient (Wildman–Crippen LogP) is 1.06. The van der Waals surface area contributed by atoms with Gasteiger partial charge in [-0.2, -0.15) is 0 Å². The molecule has 1 unspecified atom stereocenters. The number of thiazole rings is 1. The quantitative estimate of drug-likeness (QED) is 0.822. The van der Waals surface area contributed by atoms with E-state index in [2.05, 4.69) is 10.3 Å². The van der Waals surface area contributed by atoms with Gasteiger partial charge in [-0.05, 0) is 0 Å². The Morgan fingerprint density at radius 1 is 1.82 bits per heavy atom. The standard InChI is InChI=1S/C10H14N2O4S/c1-15-10(2-3-16-5-10)4-11-8-7(9(13)14)12-6-17-8/h6,11H,2-5H2,1H3,(H,13,14). The second-order valence-electron chi connectivity index (χ2n) is 3.88. The molecule has 0 amide bonds. The molecule has 1 aliphatic rings. The first-order valence-corrected chi connectivity index (χ1v) is 6.08. The van der Waals surface area contributed by atoms with Crippen LogP contribution in [-0.2, 0) is 9.47 Å². The molecule has 1 aromatic heterocycles. The monoisotopic (exact) mass is 258 g/mol. The van der Waals surface area contributed by atoms with Gasteiger partial charge in [-0.15, -0.1) is 11.3 Å².